The Hall–Kier alpha value is -4.16. The first-order valence-corrected chi connectivity index (χ1v) is 17.2. The summed E-state index contributed by atoms with van der Waals surface area (Å²) in [6.45, 7) is 6.63. The third-order valence-electron chi connectivity index (χ3n) is 8.63. The minimum absolute atomic E-state index is 0.0657. The summed E-state index contributed by atoms with van der Waals surface area (Å²) in [6.07, 6.45) is 4.31. The number of fused-ring (bicyclic) bond motifs is 2. The molecule has 6 rings (SSSR count). The van der Waals surface area contributed by atoms with E-state index < -0.39 is 10.0 Å². The number of halogens is 1. The molecule has 0 spiro atoms. The average Bonchev–Trinajstić information content (AvgIpc) is 3.73. The Morgan fingerprint density at radius 3 is 2.43 bits per heavy atom. The first-order chi connectivity index (χ1) is 22.1. The second kappa shape index (κ2) is 13.3. The molecule has 0 amide bonds. The fourth-order valence-electron chi connectivity index (χ4n) is 6.66. The molecule has 1 aliphatic carbocycles. The van der Waals surface area contributed by atoms with E-state index in [9.17, 15) is 12.8 Å². The molecule has 1 unspecified atom stereocenters. The summed E-state index contributed by atoms with van der Waals surface area (Å²) >= 11 is 0. The lowest BCUT2D eigenvalue weighted by atomic mass is 9.99. The number of anilines is 1. The maximum absolute atomic E-state index is 13.7. The number of hydrogen-bond donors (Lipinski definition) is 1. The van der Waals surface area contributed by atoms with Crippen molar-refractivity contribution >= 4 is 33.5 Å². The van der Waals surface area contributed by atoms with E-state index in [-0.39, 0.29) is 16.8 Å². The van der Waals surface area contributed by atoms with Crippen LogP contribution >= 0.6 is 0 Å². The molecule has 1 saturated heterocycles. The summed E-state index contributed by atoms with van der Waals surface area (Å²) in [6, 6.07) is 16.2. The molecule has 46 heavy (non-hydrogen) atoms. The minimum atomic E-state index is -3.84. The van der Waals surface area contributed by atoms with Crippen molar-refractivity contribution < 1.29 is 26.7 Å². The lowest BCUT2D eigenvalue weighted by molar-refractivity contribution is 0.231. The van der Waals surface area contributed by atoms with E-state index in [2.05, 4.69) is 31.7 Å². The molecule has 2 heterocycles. The van der Waals surface area contributed by atoms with Crippen LogP contribution in [0.1, 0.15) is 38.7 Å². The molecule has 1 aliphatic heterocycles. The van der Waals surface area contributed by atoms with Crippen molar-refractivity contribution in [1.29, 1.82) is 0 Å². The van der Waals surface area contributed by atoms with Crippen LogP contribution in [0.25, 0.3) is 22.2 Å². The SMILES string of the molecule is CCOc1cc(CN2CC[C@H]3C(Nc4nc5cc(S(=O)(=O)N=CN(C)C)ccc5o4)CC[C@H]32)cc(OCC)c1-c1ccc(F)cc1. The van der Waals surface area contributed by atoms with Crippen molar-refractivity contribution in [2.24, 2.45) is 10.3 Å². The Morgan fingerprint density at radius 1 is 1.04 bits per heavy atom. The van der Waals surface area contributed by atoms with Gasteiger partial charge in [0.25, 0.3) is 16.0 Å². The zero-order valence-corrected chi connectivity index (χ0v) is 27.4. The van der Waals surface area contributed by atoms with Crippen molar-refractivity contribution in [3.05, 3.63) is 66.0 Å². The van der Waals surface area contributed by atoms with Gasteiger partial charge in [-0.1, -0.05) is 12.1 Å². The van der Waals surface area contributed by atoms with Gasteiger partial charge in [-0.15, -0.1) is 4.40 Å². The molecule has 0 bridgehead atoms. The van der Waals surface area contributed by atoms with Gasteiger partial charge in [0.2, 0.25) is 0 Å². The molecule has 10 nitrogen and oxygen atoms in total. The van der Waals surface area contributed by atoms with Crippen LogP contribution < -0.4 is 14.8 Å². The highest BCUT2D eigenvalue weighted by atomic mass is 32.2. The van der Waals surface area contributed by atoms with Gasteiger partial charge in [0.05, 0.1) is 23.7 Å². The predicted molar refractivity (Wildman–Crippen MR) is 176 cm³/mol. The molecule has 12 heteroatoms. The van der Waals surface area contributed by atoms with Crippen molar-refractivity contribution in [2.45, 2.75) is 56.6 Å². The molecule has 2 fully saturated rings. The molecule has 3 atom stereocenters. The number of nitrogens with one attached hydrogen (secondary N) is 1. The van der Waals surface area contributed by atoms with Crippen LogP contribution in [0.4, 0.5) is 10.4 Å². The number of oxazole rings is 1. The number of likely N-dealkylation sites (tertiary alicyclic amines) is 1. The lowest BCUT2D eigenvalue weighted by Crippen LogP contribution is -2.32. The van der Waals surface area contributed by atoms with Gasteiger partial charge in [0, 0.05) is 32.7 Å². The third kappa shape index (κ3) is 6.68. The molecule has 1 N–H and O–H groups in total. The van der Waals surface area contributed by atoms with E-state index in [0.29, 0.717) is 42.3 Å². The fourth-order valence-corrected chi connectivity index (χ4v) is 7.60. The monoisotopic (exact) mass is 649 g/mol. The molecule has 0 radical (unpaired) electrons. The van der Waals surface area contributed by atoms with Crippen LogP contribution in [0.5, 0.6) is 11.5 Å². The molecule has 2 aliphatic rings. The Labute approximate surface area is 269 Å². The summed E-state index contributed by atoms with van der Waals surface area (Å²) in [5.74, 6) is 1.59. The van der Waals surface area contributed by atoms with E-state index in [1.54, 1.807) is 37.2 Å². The molecule has 1 aromatic heterocycles. The second-order valence-electron chi connectivity index (χ2n) is 12.0. The van der Waals surface area contributed by atoms with E-state index in [0.717, 1.165) is 60.5 Å². The highest BCUT2D eigenvalue weighted by molar-refractivity contribution is 7.90. The largest absolute Gasteiger partial charge is 0.493 e. The van der Waals surface area contributed by atoms with E-state index in [4.69, 9.17) is 13.9 Å². The quantitative estimate of drug-likeness (QED) is 0.142. The molecule has 4 aromatic rings. The van der Waals surface area contributed by atoms with Gasteiger partial charge in [-0.3, -0.25) is 4.90 Å². The minimum Gasteiger partial charge on any atom is -0.493 e. The number of benzene rings is 3. The van der Waals surface area contributed by atoms with E-state index in [1.807, 2.05) is 13.8 Å². The smallest absolute Gasteiger partial charge is 0.295 e. The highest BCUT2D eigenvalue weighted by Crippen LogP contribution is 2.43. The topological polar surface area (TPSA) is 110 Å². The molecule has 3 aromatic carbocycles. The molecular formula is C34H40FN5O5S. The number of rotatable bonds is 12. The zero-order valence-electron chi connectivity index (χ0n) is 26.6. The van der Waals surface area contributed by atoms with Gasteiger partial charge < -0.3 is 24.1 Å². The van der Waals surface area contributed by atoms with Crippen LogP contribution in [0.2, 0.25) is 0 Å². The van der Waals surface area contributed by atoms with Crippen LogP contribution in [-0.4, -0.2) is 75.5 Å². The maximum atomic E-state index is 13.7. The number of sulfonamides is 1. The van der Waals surface area contributed by atoms with Gasteiger partial charge in [-0.25, -0.2) is 4.39 Å². The summed E-state index contributed by atoms with van der Waals surface area (Å²) in [4.78, 5) is 8.73. The number of hydrogen-bond acceptors (Lipinski definition) is 8. The van der Waals surface area contributed by atoms with Crippen molar-refractivity contribution in [3.63, 3.8) is 0 Å². The number of nitrogens with zero attached hydrogens (tertiary/aromatic N) is 4. The molecule has 1 saturated carbocycles. The van der Waals surface area contributed by atoms with Crippen molar-refractivity contribution in [2.75, 3.05) is 39.2 Å². The summed E-state index contributed by atoms with van der Waals surface area (Å²) < 4.78 is 60.8. The maximum Gasteiger partial charge on any atom is 0.295 e. The fraction of sp³-hybridized carbons (Fsp3) is 0.412. The first-order valence-electron chi connectivity index (χ1n) is 15.7. The molecule has 244 valence electrons. The van der Waals surface area contributed by atoms with Crippen molar-refractivity contribution in [1.82, 2.24) is 14.8 Å². The standard InChI is InChI=1S/C34H40FN5O5S/c1-5-43-31-17-22(18-32(44-6-2)33(31)23-7-9-24(35)10-8-23)20-40-16-15-26-27(12-13-29(26)40)37-34-38-28-19-25(11-14-30(28)45-34)46(41,42)36-21-39(3)4/h7-11,14,17-19,21,26-27,29H,5-6,12-13,15-16,20H2,1-4H3,(H,37,38)/t26-,27?,29+/m0/s1. The summed E-state index contributed by atoms with van der Waals surface area (Å²) in [7, 11) is -0.427. The van der Waals surface area contributed by atoms with E-state index >= 15 is 0 Å². The Morgan fingerprint density at radius 2 is 1.76 bits per heavy atom. The second-order valence-corrected chi connectivity index (χ2v) is 13.6. The highest BCUT2D eigenvalue weighted by Gasteiger charge is 2.44. The van der Waals surface area contributed by atoms with Gasteiger partial charge >= 0.3 is 0 Å². The molecular weight excluding hydrogens is 609 g/mol. The van der Waals surface area contributed by atoms with Crippen LogP contribution in [0, 0.1) is 11.7 Å². The van der Waals surface area contributed by atoms with Crippen LogP contribution in [0.3, 0.4) is 0 Å². The predicted octanol–water partition coefficient (Wildman–Crippen LogP) is 6.17. The lowest BCUT2D eigenvalue weighted by Gasteiger charge is -2.25. The van der Waals surface area contributed by atoms with Gasteiger partial charge in [-0.05, 0) is 99.2 Å². The van der Waals surface area contributed by atoms with Crippen molar-refractivity contribution in [3.8, 4) is 22.6 Å². The summed E-state index contributed by atoms with van der Waals surface area (Å²) in [5, 5.41) is 3.51. The Balaban J connectivity index is 1.17. The number of aromatic nitrogens is 1. The van der Waals surface area contributed by atoms with Gasteiger partial charge in [0.1, 0.15) is 29.2 Å². The van der Waals surface area contributed by atoms with E-state index in [1.165, 1.54) is 30.6 Å². The third-order valence-corrected chi connectivity index (χ3v) is 9.85. The Kier molecular flexibility index (Phi) is 9.19. The van der Waals surface area contributed by atoms with Crippen LogP contribution in [0.15, 0.2) is 68.3 Å². The number of ether oxygens (including phenoxy) is 2. The summed E-state index contributed by atoms with van der Waals surface area (Å²) in [5.41, 5.74) is 3.77. The normalized spacial score (nSPS) is 20.0. The Bertz CT molecular complexity index is 1800. The first kappa shape index (κ1) is 31.8. The van der Waals surface area contributed by atoms with Gasteiger partial charge in [-0.2, -0.15) is 13.4 Å². The average molecular weight is 650 g/mol. The zero-order chi connectivity index (χ0) is 32.4. The van der Waals surface area contributed by atoms with Gasteiger partial charge in [0.15, 0.2) is 5.58 Å². The van der Waals surface area contributed by atoms with Crippen LogP contribution in [-0.2, 0) is 16.6 Å².